The highest BCUT2D eigenvalue weighted by atomic mass is 15.1. The van der Waals surface area contributed by atoms with Gasteiger partial charge in [0.2, 0.25) is 0 Å². The first-order chi connectivity index (χ1) is 8.66. The van der Waals surface area contributed by atoms with Gasteiger partial charge in [0.25, 0.3) is 0 Å². The standard InChI is InChI=1S/C14H14N4/c1-9-4-3-5-11-13(9)18(2)14(17-11)10-6-7-16-12(15)8-10/h3-8H,1-2H3,(H2,15,16). The second-order valence-corrected chi connectivity index (χ2v) is 4.41. The van der Waals surface area contributed by atoms with E-state index in [2.05, 4.69) is 27.5 Å². The Labute approximate surface area is 105 Å². The quantitative estimate of drug-likeness (QED) is 0.708. The molecule has 4 nitrogen and oxygen atoms in total. The van der Waals surface area contributed by atoms with Gasteiger partial charge in [-0.25, -0.2) is 9.97 Å². The van der Waals surface area contributed by atoms with Gasteiger partial charge in [-0.15, -0.1) is 0 Å². The molecule has 18 heavy (non-hydrogen) atoms. The maximum atomic E-state index is 5.72. The first-order valence-electron chi connectivity index (χ1n) is 5.81. The van der Waals surface area contributed by atoms with E-state index in [4.69, 9.17) is 5.73 Å². The zero-order valence-corrected chi connectivity index (χ0v) is 10.4. The number of fused-ring (bicyclic) bond motifs is 1. The van der Waals surface area contributed by atoms with Crippen LogP contribution in [0.2, 0.25) is 0 Å². The maximum Gasteiger partial charge on any atom is 0.141 e. The second kappa shape index (κ2) is 3.84. The topological polar surface area (TPSA) is 56.7 Å². The molecule has 0 unspecified atom stereocenters. The van der Waals surface area contributed by atoms with Crippen molar-refractivity contribution >= 4 is 16.9 Å². The van der Waals surface area contributed by atoms with Crippen LogP contribution >= 0.6 is 0 Å². The van der Waals surface area contributed by atoms with Crippen LogP contribution in [-0.4, -0.2) is 14.5 Å². The zero-order chi connectivity index (χ0) is 12.7. The Morgan fingerprint density at radius 3 is 2.78 bits per heavy atom. The first kappa shape index (κ1) is 10.8. The molecule has 0 aliphatic rings. The molecule has 3 aromatic rings. The Morgan fingerprint density at radius 2 is 2.06 bits per heavy atom. The van der Waals surface area contributed by atoms with Crippen molar-refractivity contribution in [1.82, 2.24) is 14.5 Å². The summed E-state index contributed by atoms with van der Waals surface area (Å²) >= 11 is 0. The van der Waals surface area contributed by atoms with Crippen molar-refractivity contribution in [2.24, 2.45) is 7.05 Å². The average Bonchev–Trinajstić information content (AvgIpc) is 2.68. The minimum atomic E-state index is 0.510. The van der Waals surface area contributed by atoms with Gasteiger partial charge in [0.05, 0.1) is 11.0 Å². The number of aromatic nitrogens is 3. The SMILES string of the molecule is Cc1cccc2nc(-c3ccnc(N)c3)n(C)c12. The molecule has 2 N–H and O–H groups in total. The number of nitrogen functional groups attached to an aromatic ring is 1. The fourth-order valence-corrected chi connectivity index (χ4v) is 2.31. The fourth-order valence-electron chi connectivity index (χ4n) is 2.31. The number of hydrogen-bond acceptors (Lipinski definition) is 3. The lowest BCUT2D eigenvalue weighted by atomic mass is 10.2. The van der Waals surface area contributed by atoms with Crippen LogP contribution in [0.25, 0.3) is 22.4 Å². The third kappa shape index (κ3) is 1.54. The Bertz CT molecular complexity index is 728. The summed E-state index contributed by atoms with van der Waals surface area (Å²) in [5.41, 5.74) is 10.1. The van der Waals surface area contributed by atoms with Gasteiger partial charge >= 0.3 is 0 Å². The Kier molecular flexibility index (Phi) is 2.30. The number of nitrogens with zero attached hydrogens (tertiary/aromatic N) is 3. The van der Waals surface area contributed by atoms with Crippen molar-refractivity contribution in [2.75, 3.05) is 5.73 Å². The molecule has 0 aliphatic heterocycles. The van der Waals surface area contributed by atoms with E-state index in [1.54, 1.807) is 6.20 Å². The van der Waals surface area contributed by atoms with Crippen molar-refractivity contribution in [3.05, 3.63) is 42.1 Å². The van der Waals surface area contributed by atoms with Crippen LogP contribution in [0.15, 0.2) is 36.5 Å². The molecule has 2 aromatic heterocycles. The molecule has 0 aliphatic carbocycles. The average molecular weight is 238 g/mol. The third-order valence-corrected chi connectivity index (χ3v) is 3.14. The Hall–Kier alpha value is -2.36. The van der Waals surface area contributed by atoms with E-state index in [0.717, 1.165) is 22.4 Å². The van der Waals surface area contributed by atoms with E-state index in [1.807, 2.05) is 31.3 Å². The number of aryl methyl sites for hydroxylation is 2. The number of anilines is 1. The number of pyridine rings is 1. The highest BCUT2D eigenvalue weighted by molar-refractivity contribution is 5.83. The Morgan fingerprint density at radius 1 is 1.22 bits per heavy atom. The summed E-state index contributed by atoms with van der Waals surface area (Å²) in [5, 5.41) is 0. The molecular formula is C14H14N4. The monoisotopic (exact) mass is 238 g/mol. The summed E-state index contributed by atoms with van der Waals surface area (Å²) in [6.45, 7) is 2.09. The van der Waals surface area contributed by atoms with E-state index < -0.39 is 0 Å². The minimum Gasteiger partial charge on any atom is -0.384 e. The van der Waals surface area contributed by atoms with E-state index >= 15 is 0 Å². The van der Waals surface area contributed by atoms with E-state index in [0.29, 0.717) is 5.82 Å². The van der Waals surface area contributed by atoms with Crippen molar-refractivity contribution in [1.29, 1.82) is 0 Å². The van der Waals surface area contributed by atoms with Crippen LogP contribution in [0.4, 0.5) is 5.82 Å². The van der Waals surface area contributed by atoms with Gasteiger partial charge in [0.1, 0.15) is 11.6 Å². The molecule has 90 valence electrons. The number of imidazole rings is 1. The molecule has 0 amide bonds. The summed E-state index contributed by atoms with van der Waals surface area (Å²) in [5.74, 6) is 1.42. The summed E-state index contributed by atoms with van der Waals surface area (Å²) in [6.07, 6.45) is 1.71. The van der Waals surface area contributed by atoms with Gasteiger partial charge in [-0.05, 0) is 30.7 Å². The van der Waals surface area contributed by atoms with E-state index in [1.165, 1.54) is 5.56 Å². The first-order valence-corrected chi connectivity index (χ1v) is 5.81. The molecule has 0 bridgehead atoms. The number of para-hydroxylation sites is 1. The summed E-state index contributed by atoms with van der Waals surface area (Å²) in [6, 6.07) is 9.91. The van der Waals surface area contributed by atoms with Crippen molar-refractivity contribution in [3.63, 3.8) is 0 Å². The largest absolute Gasteiger partial charge is 0.384 e. The van der Waals surface area contributed by atoms with Gasteiger partial charge in [0, 0.05) is 18.8 Å². The smallest absolute Gasteiger partial charge is 0.141 e. The predicted molar refractivity (Wildman–Crippen MR) is 73.1 cm³/mol. The lowest BCUT2D eigenvalue weighted by Gasteiger charge is -2.04. The second-order valence-electron chi connectivity index (χ2n) is 4.41. The van der Waals surface area contributed by atoms with Crippen molar-refractivity contribution in [2.45, 2.75) is 6.92 Å². The summed E-state index contributed by atoms with van der Waals surface area (Å²) < 4.78 is 2.10. The molecule has 3 rings (SSSR count). The van der Waals surface area contributed by atoms with Crippen LogP contribution in [0.1, 0.15) is 5.56 Å². The van der Waals surface area contributed by atoms with Gasteiger partial charge < -0.3 is 10.3 Å². The molecule has 0 spiro atoms. The summed E-state index contributed by atoms with van der Waals surface area (Å²) in [4.78, 5) is 8.67. The molecular weight excluding hydrogens is 224 g/mol. The lowest BCUT2D eigenvalue weighted by molar-refractivity contribution is 0.955. The Balaban J connectivity index is 2.31. The van der Waals surface area contributed by atoms with Crippen LogP contribution in [0.3, 0.4) is 0 Å². The molecule has 2 heterocycles. The highest BCUT2D eigenvalue weighted by Crippen LogP contribution is 2.25. The minimum absolute atomic E-state index is 0.510. The van der Waals surface area contributed by atoms with E-state index in [9.17, 15) is 0 Å². The zero-order valence-electron chi connectivity index (χ0n) is 10.4. The maximum absolute atomic E-state index is 5.72. The van der Waals surface area contributed by atoms with Crippen LogP contribution in [-0.2, 0) is 7.05 Å². The number of hydrogen-bond donors (Lipinski definition) is 1. The molecule has 4 heteroatoms. The number of nitrogens with two attached hydrogens (primary N) is 1. The van der Waals surface area contributed by atoms with Gasteiger partial charge in [0.15, 0.2) is 0 Å². The van der Waals surface area contributed by atoms with Gasteiger partial charge in [-0.3, -0.25) is 0 Å². The molecule has 0 saturated heterocycles. The molecule has 0 saturated carbocycles. The molecule has 1 aromatic carbocycles. The lowest BCUT2D eigenvalue weighted by Crippen LogP contribution is -1.95. The van der Waals surface area contributed by atoms with Gasteiger partial charge in [-0.2, -0.15) is 0 Å². The van der Waals surface area contributed by atoms with Crippen molar-refractivity contribution in [3.8, 4) is 11.4 Å². The van der Waals surface area contributed by atoms with Crippen LogP contribution < -0.4 is 5.73 Å². The molecule has 0 radical (unpaired) electrons. The predicted octanol–water partition coefficient (Wildman–Crippen LogP) is 2.53. The highest BCUT2D eigenvalue weighted by Gasteiger charge is 2.11. The number of rotatable bonds is 1. The van der Waals surface area contributed by atoms with Crippen LogP contribution in [0.5, 0.6) is 0 Å². The normalized spacial score (nSPS) is 11.0. The molecule has 0 fully saturated rings. The fraction of sp³-hybridized carbons (Fsp3) is 0.143. The molecule has 0 atom stereocenters. The van der Waals surface area contributed by atoms with Crippen LogP contribution in [0, 0.1) is 6.92 Å². The summed E-state index contributed by atoms with van der Waals surface area (Å²) in [7, 11) is 2.02. The third-order valence-electron chi connectivity index (χ3n) is 3.14. The number of benzene rings is 1. The van der Waals surface area contributed by atoms with Crippen molar-refractivity contribution < 1.29 is 0 Å². The van der Waals surface area contributed by atoms with Gasteiger partial charge in [-0.1, -0.05) is 12.1 Å². The van der Waals surface area contributed by atoms with E-state index in [-0.39, 0.29) is 0 Å².